The zero-order valence-corrected chi connectivity index (χ0v) is 12.0. The number of nitrogens with zero attached hydrogens (tertiary/aromatic N) is 3. The molecule has 2 heterocycles. The number of morpholine rings is 1. The maximum absolute atomic E-state index is 10.7. The molecule has 2 rings (SSSR count). The van der Waals surface area contributed by atoms with Gasteiger partial charge in [0.15, 0.2) is 16.1 Å². The maximum Gasteiger partial charge on any atom is 0.170 e. The molecule has 0 saturated carbocycles. The summed E-state index contributed by atoms with van der Waals surface area (Å²) in [7, 11) is 0. The monoisotopic (exact) mass is 284 g/mol. The Morgan fingerprint density at radius 2 is 2.05 bits per heavy atom. The Bertz CT molecular complexity index is 368. The van der Waals surface area contributed by atoms with Crippen LogP contribution < -0.4 is 5.32 Å². The van der Waals surface area contributed by atoms with Crippen molar-refractivity contribution >= 4 is 27.9 Å². The van der Waals surface area contributed by atoms with E-state index in [1.807, 2.05) is 0 Å². The first-order valence-electron chi connectivity index (χ1n) is 6.57. The van der Waals surface area contributed by atoms with Crippen molar-refractivity contribution in [1.29, 1.82) is 0 Å². The summed E-state index contributed by atoms with van der Waals surface area (Å²) < 4.78 is 5.30. The third-order valence-electron chi connectivity index (χ3n) is 2.84. The lowest BCUT2D eigenvalue weighted by atomic mass is 10.3. The van der Waals surface area contributed by atoms with Crippen LogP contribution in [-0.4, -0.2) is 67.0 Å². The molecule has 2 saturated heterocycles. The van der Waals surface area contributed by atoms with Crippen LogP contribution in [0.4, 0.5) is 0 Å². The second kappa shape index (κ2) is 7.62. The molecule has 0 aromatic heterocycles. The summed E-state index contributed by atoms with van der Waals surface area (Å²) in [4.78, 5) is 21.7. The molecule has 19 heavy (non-hydrogen) atoms. The highest BCUT2D eigenvalue weighted by molar-refractivity contribution is 8.29. The smallest absolute Gasteiger partial charge is 0.170 e. The highest BCUT2D eigenvalue weighted by atomic mass is 32.2. The molecule has 2 aliphatic heterocycles. The fourth-order valence-corrected chi connectivity index (χ4v) is 2.42. The van der Waals surface area contributed by atoms with Crippen LogP contribution in [0.15, 0.2) is 9.98 Å². The van der Waals surface area contributed by atoms with Crippen LogP contribution in [0.1, 0.15) is 13.3 Å². The Morgan fingerprint density at radius 3 is 2.74 bits per heavy atom. The van der Waals surface area contributed by atoms with Crippen LogP contribution >= 0.6 is 11.8 Å². The van der Waals surface area contributed by atoms with Crippen molar-refractivity contribution in [2.45, 2.75) is 13.3 Å². The minimum Gasteiger partial charge on any atom is -0.379 e. The number of aliphatic imine (C=N–C) groups is 2. The Hall–Kier alpha value is -0.920. The van der Waals surface area contributed by atoms with Gasteiger partial charge in [-0.1, -0.05) is 0 Å². The van der Waals surface area contributed by atoms with Crippen LogP contribution in [0.25, 0.3) is 0 Å². The largest absolute Gasteiger partial charge is 0.379 e. The fourth-order valence-electron chi connectivity index (χ4n) is 1.81. The third kappa shape index (κ3) is 5.30. The zero-order chi connectivity index (χ0) is 13.5. The van der Waals surface area contributed by atoms with E-state index in [0.717, 1.165) is 56.1 Å². The predicted octanol–water partition coefficient (Wildman–Crippen LogP) is 0.346. The molecular weight excluding hydrogens is 264 g/mol. The highest BCUT2D eigenvalue weighted by Crippen LogP contribution is 2.14. The number of ether oxygens (including phenoxy) is 1. The zero-order valence-electron chi connectivity index (χ0n) is 11.2. The van der Waals surface area contributed by atoms with E-state index in [1.54, 1.807) is 0 Å². The lowest BCUT2D eigenvalue weighted by Crippen LogP contribution is -2.39. The Morgan fingerprint density at radius 1 is 1.37 bits per heavy atom. The average Bonchev–Trinajstić information content (AvgIpc) is 2.36. The molecule has 1 N–H and O–H groups in total. The van der Waals surface area contributed by atoms with Crippen LogP contribution in [0.2, 0.25) is 0 Å². The summed E-state index contributed by atoms with van der Waals surface area (Å²) in [5, 5.41) is 4.75. The second-order valence-electron chi connectivity index (χ2n) is 4.54. The third-order valence-corrected chi connectivity index (χ3v) is 3.69. The van der Waals surface area contributed by atoms with Gasteiger partial charge in [0.2, 0.25) is 0 Å². The van der Waals surface area contributed by atoms with Crippen molar-refractivity contribution in [1.82, 2.24) is 10.2 Å². The summed E-state index contributed by atoms with van der Waals surface area (Å²) in [5.74, 6) is 0.0748. The lowest BCUT2D eigenvalue weighted by molar-refractivity contribution is -0.115. The van der Waals surface area contributed by atoms with Gasteiger partial charge in [0.25, 0.3) is 0 Å². The number of ketones is 1. The van der Waals surface area contributed by atoms with E-state index in [-0.39, 0.29) is 12.3 Å². The number of hydrogen-bond donors (Lipinski definition) is 1. The molecule has 6 nitrogen and oxygen atoms in total. The molecule has 2 aliphatic rings. The van der Waals surface area contributed by atoms with Gasteiger partial charge >= 0.3 is 0 Å². The molecule has 7 heteroatoms. The van der Waals surface area contributed by atoms with Crippen molar-refractivity contribution in [3.63, 3.8) is 0 Å². The van der Waals surface area contributed by atoms with Gasteiger partial charge in [-0.2, -0.15) is 0 Å². The Balaban J connectivity index is 1.55. The van der Waals surface area contributed by atoms with Crippen LogP contribution in [-0.2, 0) is 9.53 Å². The van der Waals surface area contributed by atoms with Gasteiger partial charge in [-0.25, -0.2) is 0 Å². The van der Waals surface area contributed by atoms with E-state index in [2.05, 4.69) is 20.2 Å². The standard InChI is InChI=1S/C12H20N4O2S/c1-10(17)9-14-12-15-11(19-12)13-3-2-4-16-5-7-18-8-6-16/h2-9H2,1H3,(H,13,14,15). The number of amidine groups is 2. The van der Waals surface area contributed by atoms with E-state index in [0.29, 0.717) is 0 Å². The van der Waals surface area contributed by atoms with Gasteiger partial charge in [-0.3, -0.25) is 19.7 Å². The summed E-state index contributed by atoms with van der Waals surface area (Å²) in [6, 6.07) is 0. The van der Waals surface area contributed by atoms with E-state index < -0.39 is 0 Å². The Labute approximate surface area is 117 Å². The first-order valence-corrected chi connectivity index (χ1v) is 7.39. The number of nitrogens with one attached hydrogen (secondary N) is 1. The quantitative estimate of drug-likeness (QED) is 0.713. The molecule has 0 unspecified atom stereocenters. The van der Waals surface area contributed by atoms with Crippen LogP contribution in [0.5, 0.6) is 0 Å². The molecule has 106 valence electrons. The van der Waals surface area contributed by atoms with Gasteiger partial charge in [0.1, 0.15) is 6.54 Å². The van der Waals surface area contributed by atoms with Gasteiger partial charge in [0.05, 0.1) is 13.2 Å². The number of thioether (sulfide) groups is 1. The van der Waals surface area contributed by atoms with Crippen LogP contribution in [0, 0.1) is 0 Å². The number of carbonyl (C=O) groups is 1. The molecule has 0 aromatic rings. The molecule has 0 aromatic carbocycles. The summed E-state index contributed by atoms with van der Waals surface area (Å²) in [5.41, 5.74) is 0. The number of Topliss-reactive ketones (excluding diaryl/α,β-unsaturated/α-hetero) is 1. The topological polar surface area (TPSA) is 66.3 Å². The van der Waals surface area contributed by atoms with Crippen molar-refractivity contribution in [3.05, 3.63) is 0 Å². The molecule has 2 fully saturated rings. The molecule has 0 radical (unpaired) electrons. The summed E-state index contributed by atoms with van der Waals surface area (Å²) >= 11 is 1.50. The first-order chi connectivity index (χ1) is 9.24. The number of hydrogen-bond acceptors (Lipinski definition) is 6. The molecule has 0 spiro atoms. The van der Waals surface area contributed by atoms with E-state index in [9.17, 15) is 4.79 Å². The summed E-state index contributed by atoms with van der Waals surface area (Å²) in [6.07, 6.45) is 1.06. The van der Waals surface area contributed by atoms with Gasteiger partial charge in [-0.15, -0.1) is 0 Å². The fraction of sp³-hybridized carbons (Fsp3) is 0.750. The predicted molar refractivity (Wildman–Crippen MR) is 77.9 cm³/mol. The number of rotatable bonds is 6. The normalized spacial score (nSPS) is 24.3. The van der Waals surface area contributed by atoms with Crippen molar-refractivity contribution in [2.75, 3.05) is 45.9 Å². The second-order valence-corrected chi connectivity index (χ2v) is 5.52. The minimum absolute atomic E-state index is 0.0748. The lowest BCUT2D eigenvalue weighted by Gasteiger charge is -2.26. The molecule has 0 aliphatic carbocycles. The van der Waals surface area contributed by atoms with Crippen LogP contribution in [0.3, 0.4) is 0 Å². The molecular formula is C12H20N4O2S. The molecule has 0 atom stereocenters. The van der Waals surface area contributed by atoms with Crippen molar-refractivity contribution in [3.8, 4) is 0 Å². The SMILES string of the molecule is CC(=O)CN=C1NC(=NCCCN2CCOCC2)S1. The maximum atomic E-state index is 10.7. The van der Waals surface area contributed by atoms with Gasteiger partial charge < -0.3 is 10.1 Å². The molecule has 0 bridgehead atoms. The Kier molecular flexibility index (Phi) is 5.81. The van der Waals surface area contributed by atoms with Gasteiger partial charge in [-0.05, 0) is 25.1 Å². The van der Waals surface area contributed by atoms with E-state index in [4.69, 9.17) is 4.74 Å². The van der Waals surface area contributed by atoms with E-state index >= 15 is 0 Å². The highest BCUT2D eigenvalue weighted by Gasteiger charge is 2.19. The van der Waals surface area contributed by atoms with Crippen molar-refractivity contribution in [2.24, 2.45) is 9.98 Å². The van der Waals surface area contributed by atoms with E-state index in [1.165, 1.54) is 18.7 Å². The van der Waals surface area contributed by atoms with Gasteiger partial charge in [0, 0.05) is 26.2 Å². The van der Waals surface area contributed by atoms with Crippen molar-refractivity contribution < 1.29 is 9.53 Å². The first kappa shape index (κ1) is 14.5. The number of carbonyl (C=O) groups excluding carboxylic acids is 1. The molecule has 0 amide bonds. The minimum atomic E-state index is 0.0748. The average molecular weight is 284 g/mol. The summed E-state index contributed by atoms with van der Waals surface area (Å²) in [6.45, 7) is 7.46.